The Labute approximate surface area is 203 Å². The Bertz CT molecular complexity index is 1150. The predicted octanol–water partition coefficient (Wildman–Crippen LogP) is 5.84. The highest BCUT2D eigenvalue weighted by Crippen LogP contribution is 2.48. The molecule has 1 aliphatic carbocycles. The Balaban J connectivity index is 1.90. The molecule has 1 amide bonds. The number of rotatable bonds is 7. The molecule has 0 aromatic heterocycles. The van der Waals surface area contributed by atoms with Gasteiger partial charge in [-0.05, 0) is 79.1 Å². The molecule has 0 saturated heterocycles. The van der Waals surface area contributed by atoms with Gasteiger partial charge in [0, 0.05) is 24.1 Å². The zero-order valence-electron chi connectivity index (χ0n) is 21.1. The van der Waals surface area contributed by atoms with Crippen molar-refractivity contribution in [2.75, 3.05) is 27.9 Å². The third-order valence-electron chi connectivity index (χ3n) is 7.16. The number of hydrogen-bond donors (Lipinski definition) is 0. The van der Waals surface area contributed by atoms with Crippen LogP contribution in [0.2, 0.25) is 0 Å². The van der Waals surface area contributed by atoms with Crippen LogP contribution < -0.4 is 14.2 Å². The van der Waals surface area contributed by atoms with E-state index in [1.54, 1.807) is 21.3 Å². The molecule has 2 aromatic rings. The number of fused-ring (bicyclic) bond motifs is 5. The first kappa shape index (κ1) is 23.9. The SMILES string of the molecule is C/C=C(\C=C/CC)CN1C(=O)c2cc(OC)c(C)cc2C2c3cc(OC)c(OC)cc3CCC21. The van der Waals surface area contributed by atoms with Crippen LogP contribution in [-0.2, 0) is 6.42 Å². The number of aryl methyl sites for hydroxylation is 2. The first-order chi connectivity index (χ1) is 16.5. The van der Waals surface area contributed by atoms with E-state index in [4.69, 9.17) is 14.2 Å². The van der Waals surface area contributed by atoms with Crippen LogP contribution in [-0.4, -0.2) is 44.7 Å². The summed E-state index contributed by atoms with van der Waals surface area (Å²) in [6.45, 7) is 6.79. The molecular formula is C29H35NO4. The van der Waals surface area contributed by atoms with Crippen molar-refractivity contribution < 1.29 is 19.0 Å². The molecule has 0 fully saturated rings. The van der Waals surface area contributed by atoms with Gasteiger partial charge in [-0.2, -0.15) is 0 Å². The molecule has 1 aliphatic heterocycles. The normalized spacial score (nSPS) is 19.5. The standard InChI is InChI=1S/C29H35NO4/c1-7-9-10-19(8-2)17-30-24-12-11-20-14-26(33-5)27(34-6)15-21(20)28(24)22-13-18(3)25(32-4)16-23(22)29(30)31/h8-10,13-16,24,28H,7,11-12,17H2,1-6H3/b10-9-,19-8+. The zero-order chi connectivity index (χ0) is 24.4. The number of carbonyl (C=O) groups is 1. The minimum atomic E-state index is 0.0640. The maximum absolute atomic E-state index is 13.9. The van der Waals surface area contributed by atoms with Crippen LogP contribution in [0.5, 0.6) is 17.2 Å². The van der Waals surface area contributed by atoms with E-state index in [0.717, 1.165) is 58.8 Å². The smallest absolute Gasteiger partial charge is 0.254 e. The summed E-state index contributed by atoms with van der Waals surface area (Å²) in [5, 5.41) is 0. The average Bonchev–Trinajstić information content (AvgIpc) is 2.86. The van der Waals surface area contributed by atoms with Gasteiger partial charge in [0.2, 0.25) is 0 Å². The summed E-state index contributed by atoms with van der Waals surface area (Å²) >= 11 is 0. The van der Waals surface area contributed by atoms with Crippen molar-refractivity contribution in [3.63, 3.8) is 0 Å². The summed E-state index contributed by atoms with van der Waals surface area (Å²) in [7, 11) is 5.00. The van der Waals surface area contributed by atoms with Gasteiger partial charge in [0.05, 0.1) is 21.3 Å². The number of ether oxygens (including phenoxy) is 3. The lowest BCUT2D eigenvalue weighted by Crippen LogP contribution is -2.50. The molecule has 2 atom stereocenters. The highest BCUT2D eigenvalue weighted by Gasteiger charge is 2.44. The average molecular weight is 462 g/mol. The molecule has 180 valence electrons. The van der Waals surface area contributed by atoms with Crippen LogP contribution in [0.4, 0.5) is 0 Å². The second-order valence-electron chi connectivity index (χ2n) is 9.01. The van der Waals surface area contributed by atoms with Gasteiger partial charge in [-0.15, -0.1) is 0 Å². The van der Waals surface area contributed by atoms with Crippen LogP contribution in [0.15, 0.2) is 48.1 Å². The van der Waals surface area contributed by atoms with Gasteiger partial charge in [0.15, 0.2) is 11.5 Å². The van der Waals surface area contributed by atoms with Crippen molar-refractivity contribution in [1.29, 1.82) is 0 Å². The lowest BCUT2D eigenvalue weighted by Gasteiger charge is -2.46. The van der Waals surface area contributed by atoms with Gasteiger partial charge >= 0.3 is 0 Å². The maximum Gasteiger partial charge on any atom is 0.254 e. The first-order valence-electron chi connectivity index (χ1n) is 12.0. The van der Waals surface area contributed by atoms with Gasteiger partial charge in [-0.25, -0.2) is 0 Å². The van der Waals surface area contributed by atoms with Gasteiger partial charge < -0.3 is 19.1 Å². The van der Waals surface area contributed by atoms with E-state index in [1.807, 2.05) is 19.9 Å². The van der Waals surface area contributed by atoms with Gasteiger partial charge in [0.25, 0.3) is 5.91 Å². The molecule has 0 saturated carbocycles. The molecule has 1 heterocycles. The Kier molecular flexibility index (Phi) is 7.01. The third-order valence-corrected chi connectivity index (χ3v) is 7.16. The van der Waals surface area contributed by atoms with E-state index < -0.39 is 0 Å². The molecule has 0 N–H and O–H groups in total. The fourth-order valence-electron chi connectivity index (χ4n) is 5.40. The molecule has 5 heteroatoms. The summed E-state index contributed by atoms with van der Waals surface area (Å²) in [6.07, 6.45) is 9.14. The number of methoxy groups -OCH3 is 3. The largest absolute Gasteiger partial charge is 0.496 e. The van der Waals surface area contributed by atoms with Gasteiger partial charge in [-0.3, -0.25) is 4.79 Å². The van der Waals surface area contributed by atoms with Crippen molar-refractivity contribution in [3.8, 4) is 17.2 Å². The Hall–Kier alpha value is -3.21. The molecule has 34 heavy (non-hydrogen) atoms. The van der Waals surface area contributed by atoms with Crippen LogP contribution in [0, 0.1) is 6.92 Å². The third kappa shape index (κ3) is 4.08. The second-order valence-corrected chi connectivity index (χ2v) is 9.01. The molecule has 2 unspecified atom stereocenters. The Morgan fingerprint density at radius 2 is 1.74 bits per heavy atom. The maximum atomic E-state index is 13.9. The number of amides is 1. The summed E-state index contributed by atoms with van der Waals surface area (Å²) in [5.74, 6) is 2.34. The molecule has 2 aliphatic rings. The monoisotopic (exact) mass is 461 g/mol. The molecule has 0 radical (unpaired) electrons. The van der Waals surface area contributed by atoms with Crippen LogP contribution >= 0.6 is 0 Å². The summed E-state index contributed by atoms with van der Waals surface area (Å²) in [6, 6.07) is 8.34. The highest BCUT2D eigenvalue weighted by atomic mass is 16.5. The van der Waals surface area contributed by atoms with Crippen molar-refractivity contribution in [3.05, 3.63) is 75.9 Å². The van der Waals surface area contributed by atoms with Crippen molar-refractivity contribution in [2.24, 2.45) is 0 Å². The van der Waals surface area contributed by atoms with Crippen molar-refractivity contribution in [2.45, 2.75) is 52.0 Å². The fraction of sp³-hybridized carbons (Fsp3) is 0.414. The first-order valence-corrected chi connectivity index (χ1v) is 12.0. The predicted molar refractivity (Wildman–Crippen MR) is 135 cm³/mol. The fourth-order valence-corrected chi connectivity index (χ4v) is 5.40. The number of carbonyl (C=O) groups excluding carboxylic acids is 1. The number of nitrogens with zero attached hydrogens (tertiary/aromatic N) is 1. The Morgan fingerprint density at radius 3 is 2.38 bits per heavy atom. The van der Waals surface area contributed by atoms with E-state index in [-0.39, 0.29) is 17.9 Å². The molecular weight excluding hydrogens is 426 g/mol. The van der Waals surface area contributed by atoms with Crippen molar-refractivity contribution in [1.82, 2.24) is 4.90 Å². The quantitative estimate of drug-likeness (QED) is 0.486. The molecule has 4 rings (SSSR count). The van der Waals surface area contributed by atoms with E-state index in [2.05, 4.69) is 48.3 Å². The molecule has 0 spiro atoms. The molecule has 0 bridgehead atoms. The summed E-state index contributed by atoms with van der Waals surface area (Å²) < 4.78 is 16.8. The summed E-state index contributed by atoms with van der Waals surface area (Å²) in [4.78, 5) is 16.0. The minimum Gasteiger partial charge on any atom is -0.496 e. The highest BCUT2D eigenvalue weighted by molar-refractivity contribution is 5.99. The van der Waals surface area contributed by atoms with Crippen LogP contribution in [0.1, 0.15) is 65.2 Å². The number of allylic oxidation sites excluding steroid dienone is 2. The topological polar surface area (TPSA) is 48.0 Å². The van der Waals surface area contributed by atoms with Gasteiger partial charge in [0.1, 0.15) is 5.75 Å². The molecule has 5 nitrogen and oxygen atoms in total. The second kappa shape index (κ2) is 9.96. The molecule has 2 aromatic carbocycles. The number of benzene rings is 2. The van der Waals surface area contributed by atoms with E-state index >= 15 is 0 Å². The van der Waals surface area contributed by atoms with Crippen LogP contribution in [0.3, 0.4) is 0 Å². The van der Waals surface area contributed by atoms with E-state index in [0.29, 0.717) is 6.54 Å². The van der Waals surface area contributed by atoms with E-state index in [9.17, 15) is 4.79 Å². The van der Waals surface area contributed by atoms with Crippen LogP contribution in [0.25, 0.3) is 0 Å². The minimum absolute atomic E-state index is 0.0640. The van der Waals surface area contributed by atoms with Crippen molar-refractivity contribution >= 4 is 5.91 Å². The van der Waals surface area contributed by atoms with Gasteiger partial charge in [-0.1, -0.05) is 31.2 Å². The lowest BCUT2D eigenvalue weighted by atomic mass is 9.70. The summed E-state index contributed by atoms with van der Waals surface area (Å²) in [5.41, 5.74) is 6.45. The number of hydrogen-bond acceptors (Lipinski definition) is 4. The Morgan fingerprint density at radius 1 is 1.03 bits per heavy atom. The lowest BCUT2D eigenvalue weighted by molar-refractivity contribution is 0.0631. The van der Waals surface area contributed by atoms with E-state index in [1.165, 1.54) is 11.1 Å². The zero-order valence-corrected chi connectivity index (χ0v) is 21.1.